The number of methoxy groups -OCH3 is 1. The third kappa shape index (κ3) is 6.73. The van der Waals surface area contributed by atoms with Crippen LogP contribution in [0, 0.1) is 0 Å². The van der Waals surface area contributed by atoms with Gasteiger partial charge in [0, 0.05) is 18.5 Å². The molecule has 0 unspecified atom stereocenters. The molecule has 0 spiro atoms. The van der Waals surface area contributed by atoms with E-state index in [4.69, 9.17) is 9.47 Å². The zero-order valence-electron chi connectivity index (χ0n) is 19.4. The fourth-order valence-electron chi connectivity index (χ4n) is 2.72. The number of carbonyl (C=O) groups is 3. The van der Waals surface area contributed by atoms with Gasteiger partial charge in [0.05, 0.1) is 25.1 Å². The van der Waals surface area contributed by atoms with Crippen molar-refractivity contribution in [2.75, 3.05) is 39.2 Å². The van der Waals surface area contributed by atoms with Gasteiger partial charge in [0.15, 0.2) is 0 Å². The van der Waals surface area contributed by atoms with E-state index < -0.39 is 17.9 Å². The normalized spacial score (nSPS) is 10.9. The van der Waals surface area contributed by atoms with E-state index in [1.807, 2.05) is 39.0 Å². The Morgan fingerprint density at radius 3 is 2.38 bits per heavy atom. The Morgan fingerprint density at radius 1 is 1.16 bits per heavy atom. The summed E-state index contributed by atoms with van der Waals surface area (Å²) in [5.74, 6) is 0.231. The fourth-order valence-corrected chi connectivity index (χ4v) is 2.72. The number of ether oxygens (including phenoxy) is 2. The number of anilines is 1. The first-order valence-electron chi connectivity index (χ1n) is 10.2. The summed E-state index contributed by atoms with van der Waals surface area (Å²) >= 11 is 0. The van der Waals surface area contributed by atoms with Gasteiger partial charge in [0.25, 0.3) is 0 Å². The van der Waals surface area contributed by atoms with Crippen LogP contribution in [0.2, 0.25) is 0 Å². The van der Waals surface area contributed by atoms with Crippen LogP contribution in [0.5, 0.6) is 5.75 Å². The van der Waals surface area contributed by atoms with E-state index in [0.717, 1.165) is 11.4 Å². The van der Waals surface area contributed by atoms with Gasteiger partial charge in [0.2, 0.25) is 5.91 Å². The summed E-state index contributed by atoms with van der Waals surface area (Å²) in [7, 11) is 3.05. The highest BCUT2D eigenvalue weighted by molar-refractivity contribution is 5.94. The largest absolute Gasteiger partial charge is 0.497 e. The number of hydrogen-bond acceptors (Lipinski definition) is 6. The molecule has 0 fully saturated rings. The van der Waals surface area contributed by atoms with Crippen LogP contribution in [-0.4, -0.2) is 66.4 Å². The van der Waals surface area contributed by atoms with Crippen molar-refractivity contribution < 1.29 is 23.9 Å². The van der Waals surface area contributed by atoms with Gasteiger partial charge in [-0.1, -0.05) is 20.8 Å². The molecule has 32 heavy (non-hydrogen) atoms. The van der Waals surface area contributed by atoms with Crippen molar-refractivity contribution in [3.63, 3.8) is 0 Å². The lowest BCUT2D eigenvalue weighted by molar-refractivity contribution is -0.141. The van der Waals surface area contributed by atoms with Crippen molar-refractivity contribution in [3.05, 3.63) is 36.0 Å². The third-order valence-electron chi connectivity index (χ3n) is 4.48. The highest BCUT2D eigenvalue weighted by atomic mass is 16.5. The molecule has 0 bridgehead atoms. The Labute approximate surface area is 187 Å². The maximum Gasteiger partial charge on any atom is 0.325 e. The molecule has 1 aromatic carbocycles. The van der Waals surface area contributed by atoms with Crippen molar-refractivity contribution in [2.45, 2.75) is 33.1 Å². The minimum absolute atomic E-state index is 0.215. The first-order chi connectivity index (χ1) is 15.0. The van der Waals surface area contributed by atoms with E-state index in [9.17, 15) is 14.4 Å². The molecule has 0 aliphatic rings. The third-order valence-corrected chi connectivity index (χ3v) is 4.48. The maximum absolute atomic E-state index is 12.6. The number of hydrogen-bond donors (Lipinski definition) is 2. The standard InChI is InChI=1S/C22H31N5O5/c1-7-32-20(29)13-23-21(30)26(5)14-19(28)24-18-12-17(22(2,3)4)25-27(18)15-8-10-16(31-6)11-9-15/h8-12H,7,13-14H2,1-6H3,(H,23,30)(H,24,28). The minimum Gasteiger partial charge on any atom is -0.497 e. The van der Waals surface area contributed by atoms with Crippen LogP contribution in [0.1, 0.15) is 33.4 Å². The van der Waals surface area contributed by atoms with E-state index in [2.05, 4.69) is 15.7 Å². The number of urea groups is 1. The van der Waals surface area contributed by atoms with Gasteiger partial charge in [-0.3, -0.25) is 9.59 Å². The summed E-state index contributed by atoms with van der Waals surface area (Å²) in [4.78, 5) is 37.3. The Balaban J connectivity index is 2.12. The summed E-state index contributed by atoms with van der Waals surface area (Å²) < 4.78 is 11.6. The molecule has 0 saturated heterocycles. The molecule has 0 atom stereocenters. The SMILES string of the molecule is CCOC(=O)CNC(=O)N(C)CC(=O)Nc1cc(C(C)(C)C)nn1-c1ccc(OC)cc1. The minimum atomic E-state index is -0.563. The smallest absolute Gasteiger partial charge is 0.325 e. The van der Waals surface area contributed by atoms with Crippen LogP contribution in [0.4, 0.5) is 10.6 Å². The van der Waals surface area contributed by atoms with E-state index in [-0.39, 0.29) is 25.1 Å². The number of nitrogens with one attached hydrogen (secondary N) is 2. The zero-order valence-corrected chi connectivity index (χ0v) is 19.4. The van der Waals surface area contributed by atoms with E-state index in [1.54, 1.807) is 30.8 Å². The van der Waals surface area contributed by atoms with Crippen molar-refractivity contribution >= 4 is 23.7 Å². The molecular formula is C22H31N5O5. The van der Waals surface area contributed by atoms with Gasteiger partial charge in [-0.25, -0.2) is 9.48 Å². The lowest BCUT2D eigenvalue weighted by atomic mass is 9.92. The molecule has 174 valence electrons. The zero-order chi connectivity index (χ0) is 23.9. The molecule has 10 heteroatoms. The number of nitrogens with zero attached hydrogens (tertiary/aromatic N) is 3. The molecule has 3 amide bonds. The maximum atomic E-state index is 12.6. The van der Waals surface area contributed by atoms with Crippen molar-refractivity contribution in [1.82, 2.24) is 20.0 Å². The number of carbonyl (C=O) groups excluding carboxylic acids is 3. The average Bonchev–Trinajstić information content (AvgIpc) is 3.16. The van der Waals surface area contributed by atoms with Crippen molar-refractivity contribution in [2.24, 2.45) is 0 Å². The first kappa shape index (κ1) is 24.7. The van der Waals surface area contributed by atoms with E-state index in [0.29, 0.717) is 11.6 Å². The Bertz CT molecular complexity index is 947. The van der Waals surface area contributed by atoms with E-state index >= 15 is 0 Å². The fraction of sp³-hybridized carbons (Fsp3) is 0.455. The molecule has 0 radical (unpaired) electrons. The second kappa shape index (κ2) is 10.7. The lowest BCUT2D eigenvalue weighted by Crippen LogP contribution is -2.43. The quantitative estimate of drug-likeness (QED) is 0.603. The van der Waals surface area contributed by atoms with Gasteiger partial charge >= 0.3 is 12.0 Å². The number of esters is 1. The predicted molar refractivity (Wildman–Crippen MR) is 120 cm³/mol. The summed E-state index contributed by atoms with van der Waals surface area (Å²) in [6, 6.07) is 8.53. The molecule has 1 heterocycles. The summed E-state index contributed by atoms with van der Waals surface area (Å²) in [5, 5.41) is 9.89. The average molecular weight is 446 g/mol. The lowest BCUT2D eigenvalue weighted by Gasteiger charge is -2.17. The van der Waals surface area contributed by atoms with E-state index in [1.165, 1.54) is 11.9 Å². The molecule has 10 nitrogen and oxygen atoms in total. The van der Waals surface area contributed by atoms with Gasteiger partial charge < -0.3 is 25.0 Å². The predicted octanol–water partition coefficient (Wildman–Crippen LogP) is 2.32. The number of aromatic nitrogens is 2. The number of amides is 3. The molecule has 1 aromatic heterocycles. The van der Waals surface area contributed by atoms with Crippen LogP contribution >= 0.6 is 0 Å². The Morgan fingerprint density at radius 2 is 1.81 bits per heavy atom. The van der Waals surface area contributed by atoms with Crippen LogP contribution < -0.4 is 15.4 Å². The van der Waals surface area contributed by atoms with Crippen LogP contribution in [-0.2, 0) is 19.7 Å². The second-order valence-corrected chi connectivity index (χ2v) is 8.14. The molecule has 0 aliphatic heterocycles. The van der Waals surface area contributed by atoms with Crippen LogP contribution in [0.3, 0.4) is 0 Å². The highest BCUT2D eigenvalue weighted by Gasteiger charge is 2.22. The molecule has 2 aromatic rings. The van der Waals surface area contributed by atoms with Gasteiger partial charge in [-0.05, 0) is 31.2 Å². The molecule has 0 aliphatic carbocycles. The summed E-state index contributed by atoms with van der Waals surface area (Å²) in [5.41, 5.74) is 1.31. The molecule has 0 saturated carbocycles. The Hall–Kier alpha value is -3.56. The molecule has 2 rings (SSSR count). The molecular weight excluding hydrogens is 414 g/mol. The second-order valence-electron chi connectivity index (χ2n) is 8.14. The Kier molecular flexibility index (Phi) is 8.22. The van der Waals surface area contributed by atoms with Gasteiger partial charge in [-0.2, -0.15) is 5.10 Å². The molecule has 2 N–H and O–H groups in total. The topological polar surface area (TPSA) is 115 Å². The van der Waals surface area contributed by atoms with Crippen molar-refractivity contribution in [1.29, 1.82) is 0 Å². The number of benzene rings is 1. The van der Waals surface area contributed by atoms with Gasteiger partial charge in [0.1, 0.15) is 24.7 Å². The van der Waals surface area contributed by atoms with Crippen molar-refractivity contribution in [3.8, 4) is 11.4 Å². The van der Waals surface area contributed by atoms with Crippen LogP contribution in [0.15, 0.2) is 30.3 Å². The number of likely N-dealkylation sites (N-methyl/N-ethyl adjacent to an activating group) is 1. The monoisotopic (exact) mass is 445 g/mol. The summed E-state index contributed by atoms with van der Waals surface area (Å²) in [6.45, 7) is 7.51. The summed E-state index contributed by atoms with van der Waals surface area (Å²) in [6.07, 6.45) is 0. The number of rotatable bonds is 8. The first-order valence-corrected chi connectivity index (χ1v) is 10.2. The van der Waals surface area contributed by atoms with Gasteiger partial charge in [-0.15, -0.1) is 0 Å². The highest BCUT2D eigenvalue weighted by Crippen LogP contribution is 2.27. The van der Waals surface area contributed by atoms with Crippen LogP contribution in [0.25, 0.3) is 5.69 Å².